The first-order valence-electron chi connectivity index (χ1n) is 7.01. The maximum absolute atomic E-state index is 11.5. The van der Waals surface area contributed by atoms with Crippen LogP contribution in [0.5, 0.6) is 0 Å². The second kappa shape index (κ2) is 6.66. The van der Waals surface area contributed by atoms with Gasteiger partial charge in [0.15, 0.2) is 0 Å². The first kappa shape index (κ1) is 14.0. The van der Waals surface area contributed by atoms with Gasteiger partial charge in [-0.3, -0.25) is 14.7 Å². The van der Waals surface area contributed by atoms with Crippen molar-refractivity contribution in [2.45, 2.75) is 38.6 Å². The minimum atomic E-state index is -0.120. The lowest BCUT2D eigenvalue weighted by Crippen LogP contribution is -2.19. The zero-order valence-electron chi connectivity index (χ0n) is 11.8. The van der Waals surface area contributed by atoms with Crippen LogP contribution in [-0.2, 0) is 16.0 Å². The lowest BCUT2D eigenvalue weighted by atomic mass is 9.98. The van der Waals surface area contributed by atoms with Crippen molar-refractivity contribution < 1.29 is 9.53 Å². The number of pyridine rings is 1. The Bertz CT molecular complexity index is 434. The minimum Gasteiger partial charge on any atom is -0.466 e. The van der Waals surface area contributed by atoms with E-state index in [1.807, 2.05) is 19.2 Å². The number of carbonyl (C=O) groups is 1. The van der Waals surface area contributed by atoms with Crippen LogP contribution in [-0.4, -0.2) is 36.1 Å². The van der Waals surface area contributed by atoms with E-state index in [4.69, 9.17) is 4.74 Å². The molecule has 1 aromatic heterocycles. The largest absolute Gasteiger partial charge is 0.466 e. The van der Waals surface area contributed by atoms with E-state index >= 15 is 0 Å². The van der Waals surface area contributed by atoms with E-state index < -0.39 is 0 Å². The molecule has 4 nitrogen and oxygen atoms in total. The van der Waals surface area contributed by atoms with Crippen molar-refractivity contribution in [3.8, 4) is 0 Å². The molecule has 19 heavy (non-hydrogen) atoms. The Hall–Kier alpha value is -1.42. The van der Waals surface area contributed by atoms with Crippen LogP contribution in [0.3, 0.4) is 0 Å². The van der Waals surface area contributed by atoms with Crippen molar-refractivity contribution in [2.24, 2.45) is 0 Å². The predicted octanol–water partition coefficient (Wildman–Crippen LogP) is 2.34. The summed E-state index contributed by atoms with van der Waals surface area (Å²) < 4.78 is 4.99. The quantitative estimate of drug-likeness (QED) is 0.764. The molecule has 0 N–H and O–H groups in total. The van der Waals surface area contributed by atoms with Gasteiger partial charge >= 0.3 is 5.97 Å². The Morgan fingerprint density at radius 1 is 1.58 bits per heavy atom. The first-order chi connectivity index (χ1) is 9.22. The van der Waals surface area contributed by atoms with Crippen LogP contribution >= 0.6 is 0 Å². The second-order valence-electron chi connectivity index (χ2n) is 5.02. The SMILES string of the molecule is CCOC(=O)CCc1ccncc1C1CCCN1C. The minimum absolute atomic E-state index is 0.120. The Labute approximate surface area is 114 Å². The molecule has 1 aromatic rings. The molecule has 1 atom stereocenters. The summed E-state index contributed by atoms with van der Waals surface area (Å²) in [5, 5.41) is 0. The summed E-state index contributed by atoms with van der Waals surface area (Å²) in [5.41, 5.74) is 2.49. The van der Waals surface area contributed by atoms with Gasteiger partial charge in [-0.15, -0.1) is 0 Å². The molecule has 1 fully saturated rings. The van der Waals surface area contributed by atoms with Crippen molar-refractivity contribution in [2.75, 3.05) is 20.2 Å². The van der Waals surface area contributed by atoms with Crippen LogP contribution < -0.4 is 0 Å². The number of carbonyl (C=O) groups excluding carboxylic acids is 1. The molecular formula is C15H22N2O2. The van der Waals surface area contributed by atoms with E-state index in [2.05, 4.69) is 16.9 Å². The van der Waals surface area contributed by atoms with Gasteiger partial charge in [0.2, 0.25) is 0 Å². The number of nitrogens with zero attached hydrogens (tertiary/aromatic N) is 2. The fraction of sp³-hybridized carbons (Fsp3) is 0.600. The van der Waals surface area contributed by atoms with Gasteiger partial charge in [0.1, 0.15) is 0 Å². The van der Waals surface area contributed by atoms with E-state index in [9.17, 15) is 4.79 Å². The Morgan fingerprint density at radius 2 is 2.42 bits per heavy atom. The summed E-state index contributed by atoms with van der Waals surface area (Å²) >= 11 is 0. The lowest BCUT2D eigenvalue weighted by molar-refractivity contribution is -0.143. The van der Waals surface area contributed by atoms with E-state index in [1.54, 1.807) is 6.20 Å². The summed E-state index contributed by atoms with van der Waals surface area (Å²) in [6.45, 7) is 3.42. The Morgan fingerprint density at radius 3 is 3.11 bits per heavy atom. The molecule has 4 heteroatoms. The van der Waals surface area contributed by atoms with E-state index in [0.29, 0.717) is 19.1 Å². The molecule has 0 saturated carbocycles. The summed E-state index contributed by atoms with van der Waals surface area (Å²) in [5.74, 6) is -0.120. The van der Waals surface area contributed by atoms with Gasteiger partial charge in [-0.25, -0.2) is 0 Å². The average molecular weight is 262 g/mol. The van der Waals surface area contributed by atoms with Crippen LogP contribution in [0.15, 0.2) is 18.5 Å². The average Bonchev–Trinajstić information content (AvgIpc) is 2.83. The molecule has 2 rings (SSSR count). The van der Waals surface area contributed by atoms with Crippen molar-refractivity contribution >= 4 is 5.97 Å². The highest BCUT2D eigenvalue weighted by molar-refractivity contribution is 5.69. The Balaban J connectivity index is 2.06. The van der Waals surface area contributed by atoms with E-state index in [1.165, 1.54) is 24.0 Å². The maximum Gasteiger partial charge on any atom is 0.306 e. The van der Waals surface area contributed by atoms with Gasteiger partial charge in [-0.05, 0) is 57.0 Å². The summed E-state index contributed by atoms with van der Waals surface area (Å²) in [7, 11) is 2.15. The third kappa shape index (κ3) is 3.53. The molecular weight excluding hydrogens is 240 g/mol. The number of aromatic nitrogens is 1. The third-order valence-electron chi connectivity index (χ3n) is 3.73. The number of esters is 1. The topological polar surface area (TPSA) is 42.4 Å². The molecule has 0 aliphatic carbocycles. The molecule has 104 valence electrons. The van der Waals surface area contributed by atoms with Crippen molar-refractivity contribution in [1.29, 1.82) is 0 Å². The molecule has 0 radical (unpaired) electrons. The van der Waals surface area contributed by atoms with Gasteiger partial charge in [0.05, 0.1) is 6.61 Å². The van der Waals surface area contributed by atoms with Crippen LogP contribution in [0.1, 0.15) is 43.4 Å². The molecule has 1 aliphatic rings. The van der Waals surface area contributed by atoms with Crippen LogP contribution in [0.25, 0.3) is 0 Å². The number of ether oxygens (including phenoxy) is 1. The van der Waals surface area contributed by atoms with Gasteiger partial charge in [-0.2, -0.15) is 0 Å². The maximum atomic E-state index is 11.5. The fourth-order valence-corrected chi connectivity index (χ4v) is 2.74. The molecule has 0 spiro atoms. The summed E-state index contributed by atoms with van der Waals surface area (Å²) in [4.78, 5) is 18.1. The fourth-order valence-electron chi connectivity index (χ4n) is 2.74. The number of likely N-dealkylation sites (tertiary alicyclic amines) is 1. The molecule has 1 saturated heterocycles. The molecule has 0 aromatic carbocycles. The highest BCUT2D eigenvalue weighted by atomic mass is 16.5. The monoisotopic (exact) mass is 262 g/mol. The number of hydrogen-bond donors (Lipinski definition) is 0. The molecule has 0 bridgehead atoms. The number of hydrogen-bond acceptors (Lipinski definition) is 4. The highest BCUT2D eigenvalue weighted by Crippen LogP contribution is 2.32. The first-order valence-corrected chi connectivity index (χ1v) is 7.01. The zero-order valence-corrected chi connectivity index (χ0v) is 11.8. The van der Waals surface area contributed by atoms with Gasteiger partial charge < -0.3 is 4.74 Å². The normalized spacial score (nSPS) is 19.6. The molecule has 1 aliphatic heterocycles. The smallest absolute Gasteiger partial charge is 0.306 e. The molecule has 1 unspecified atom stereocenters. The highest BCUT2D eigenvalue weighted by Gasteiger charge is 2.24. The number of aryl methyl sites for hydroxylation is 1. The lowest BCUT2D eigenvalue weighted by Gasteiger charge is -2.22. The van der Waals surface area contributed by atoms with E-state index in [0.717, 1.165) is 13.0 Å². The van der Waals surface area contributed by atoms with Crippen molar-refractivity contribution in [3.05, 3.63) is 29.6 Å². The zero-order chi connectivity index (χ0) is 13.7. The summed E-state index contributed by atoms with van der Waals surface area (Å²) in [6, 6.07) is 2.48. The van der Waals surface area contributed by atoms with Crippen LogP contribution in [0, 0.1) is 0 Å². The van der Waals surface area contributed by atoms with Gasteiger partial charge in [-0.1, -0.05) is 0 Å². The van der Waals surface area contributed by atoms with Crippen LogP contribution in [0.4, 0.5) is 0 Å². The molecule has 2 heterocycles. The van der Waals surface area contributed by atoms with Crippen molar-refractivity contribution in [1.82, 2.24) is 9.88 Å². The summed E-state index contributed by atoms with van der Waals surface area (Å²) in [6.07, 6.45) is 7.34. The Kier molecular flexibility index (Phi) is 4.91. The van der Waals surface area contributed by atoms with Gasteiger partial charge in [0.25, 0.3) is 0 Å². The third-order valence-corrected chi connectivity index (χ3v) is 3.73. The van der Waals surface area contributed by atoms with E-state index in [-0.39, 0.29) is 5.97 Å². The second-order valence-corrected chi connectivity index (χ2v) is 5.02. The van der Waals surface area contributed by atoms with Crippen molar-refractivity contribution in [3.63, 3.8) is 0 Å². The van der Waals surface area contributed by atoms with Crippen LogP contribution in [0.2, 0.25) is 0 Å². The molecule has 0 amide bonds. The predicted molar refractivity (Wildman–Crippen MR) is 73.8 cm³/mol. The number of rotatable bonds is 5. The van der Waals surface area contributed by atoms with Gasteiger partial charge in [0, 0.05) is 24.9 Å². The standard InChI is InChI=1S/C15H22N2O2/c1-3-19-15(18)7-6-12-8-9-16-11-13(12)14-5-4-10-17(14)2/h8-9,11,14H,3-7,10H2,1-2H3.